The molecule has 3 N–H and O–H groups in total. The molecule has 2 heterocycles. The predicted octanol–water partition coefficient (Wildman–Crippen LogP) is 2.46. The molecule has 0 atom stereocenters. The summed E-state index contributed by atoms with van der Waals surface area (Å²) in [6, 6.07) is 4.98. The quantitative estimate of drug-likeness (QED) is 0.899. The van der Waals surface area contributed by atoms with Gasteiger partial charge in [0.2, 0.25) is 0 Å². The summed E-state index contributed by atoms with van der Waals surface area (Å²) in [6.07, 6.45) is 0.912. The van der Waals surface area contributed by atoms with Gasteiger partial charge in [-0.3, -0.25) is 4.79 Å². The zero-order valence-electron chi connectivity index (χ0n) is 10.8. The topological polar surface area (TPSA) is 80.9 Å². The van der Waals surface area contributed by atoms with E-state index in [4.69, 9.17) is 5.73 Å². The first-order valence-electron chi connectivity index (χ1n) is 5.63. The maximum Gasteiger partial charge on any atom is 0.270 e. The minimum atomic E-state index is -0.242. The van der Waals surface area contributed by atoms with Gasteiger partial charge in [0.1, 0.15) is 11.5 Å². The monoisotopic (exact) mass is 334 g/mol. The van der Waals surface area contributed by atoms with Crippen molar-refractivity contribution in [3.63, 3.8) is 0 Å². The normalized spacial score (nSPS) is 9.25. The summed E-state index contributed by atoms with van der Waals surface area (Å²) in [4.78, 5) is 20.1. The summed E-state index contributed by atoms with van der Waals surface area (Å²) >= 11 is 1.60. The number of pyridine rings is 1. The minimum absolute atomic E-state index is 0. The van der Waals surface area contributed by atoms with Gasteiger partial charge >= 0.3 is 0 Å². The van der Waals surface area contributed by atoms with E-state index in [0.29, 0.717) is 18.1 Å². The third kappa shape index (κ3) is 4.96. The van der Waals surface area contributed by atoms with E-state index in [2.05, 4.69) is 22.2 Å². The third-order valence-corrected chi connectivity index (χ3v) is 3.38. The van der Waals surface area contributed by atoms with Gasteiger partial charge in [-0.15, -0.1) is 36.2 Å². The number of thiazole rings is 1. The molecule has 0 radical (unpaired) electrons. The van der Waals surface area contributed by atoms with E-state index in [1.165, 1.54) is 0 Å². The lowest BCUT2D eigenvalue weighted by Gasteiger charge is -2.03. The Bertz CT molecular complexity index is 562. The highest BCUT2D eigenvalue weighted by Crippen LogP contribution is 2.10. The van der Waals surface area contributed by atoms with Crippen LogP contribution in [0.2, 0.25) is 0 Å². The number of aryl methyl sites for hydroxylation is 1. The fourth-order valence-electron chi connectivity index (χ4n) is 1.43. The van der Waals surface area contributed by atoms with E-state index in [1.54, 1.807) is 29.5 Å². The third-order valence-electron chi connectivity index (χ3n) is 2.34. The molecule has 5 nitrogen and oxygen atoms in total. The zero-order valence-corrected chi connectivity index (χ0v) is 13.3. The highest BCUT2D eigenvalue weighted by molar-refractivity contribution is 7.09. The van der Waals surface area contributed by atoms with Crippen LogP contribution in [0, 0.1) is 0 Å². The van der Waals surface area contributed by atoms with Crippen molar-refractivity contribution in [2.75, 3.05) is 5.73 Å². The lowest BCUT2D eigenvalue weighted by molar-refractivity contribution is 0.0945. The Morgan fingerprint density at radius 1 is 1.35 bits per heavy atom. The van der Waals surface area contributed by atoms with Gasteiger partial charge in [-0.25, -0.2) is 9.97 Å². The molecule has 0 unspecified atom stereocenters. The molecule has 8 heteroatoms. The van der Waals surface area contributed by atoms with Crippen LogP contribution < -0.4 is 11.1 Å². The molecule has 0 aliphatic carbocycles. The van der Waals surface area contributed by atoms with Crippen LogP contribution >= 0.6 is 36.2 Å². The molecule has 20 heavy (non-hydrogen) atoms. The summed E-state index contributed by atoms with van der Waals surface area (Å²) in [7, 11) is 0. The second-order valence-electron chi connectivity index (χ2n) is 3.72. The number of rotatable bonds is 4. The highest BCUT2D eigenvalue weighted by atomic mass is 35.5. The molecule has 0 spiro atoms. The molecule has 0 aliphatic heterocycles. The number of nitrogens with two attached hydrogens (primary N) is 1. The zero-order chi connectivity index (χ0) is 13.0. The molecule has 0 aromatic carbocycles. The number of carbonyl (C=O) groups is 1. The molecule has 1 amide bonds. The van der Waals surface area contributed by atoms with Gasteiger partial charge in [0.25, 0.3) is 5.91 Å². The van der Waals surface area contributed by atoms with Gasteiger partial charge < -0.3 is 11.1 Å². The largest absolute Gasteiger partial charge is 0.384 e. The van der Waals surface area contributed by atoms with Gasteiger partial charge in [-0.1, -0.05) is 13.0 Å². The molecule has 110 valence electrons. The van der Waals surface area contributed by atoms with E-state index < -0.39 is 0 Å². The second-order valence-corrected chi connectivity index (χ2v) is 4.66. The molecule has 2 aromatic heterocycles. The summed E-state index contributed by atoms with van der Waals surface area (Å²) in [6.45, 7) is 2.46. The minimum Gasteiger partial charge on any atom is -0.384 e. The standard InChI is InChI=1S/C12H14N4OS.2ClH/c1-2-11-15-8(7-18-11)6-14-12(17)9-4-3-5-10(13)16-9;;/h3-5,7H,2,6H2,1H3,(H2,13,16)(H,14,17);2*1H. The smallest absolute Gasteiger partial charge is 0.270 e. The van der Waals surface area contributed by atoms with Crippen LogP contribution in [0.3, 0.4) is 0 Å². The van der Waals surface area contributed by atoms with Gasteiger partial charge in [0, 0.05) is 5.38 Å². The highest BCUT2D eigenvalue weighted by Gasteiger charge is 2.08. The number of nitrogen functional groups attached to an aromatic ring is 1. The fourth-order valence-corrected chi connectivity index (χ4v) is 2.18. The Balaban J connectivity index is 0.00000180. The van der Waals surface area contributed by atoms with Crippen molar-refractivity contribution in [3.8, 4) is 0 Å². The summed E-state index contributed by atoms with van der Waals surface area (Å²) in [5.41, 5.74) is 6.71. The number of nitrogens with zero attached hydrogens (tertiary/aromatic N) is 2. The number of carbonyl (C=O) groups excluding carboxylic acids is 1. The van der Waals surface area contributed by atoms with Crippen LogP contribution in [0.1, 0.15) is 28.1 Å². The fraction of sp³-hybridized carbons (Fsp3) is 0.250. The van der Waals surface area contributed by atoms with Crippen molar-refractivity contribution in [2.24, 2.45) is 0 Å². The van der Waals surface area contributed by atoms with Crippen LogP contribution in [0.4, 0.5) is 5.82 Å². The molecular formula is C12H16Cl2N4OS. The van der Waals surface area contributed by atoms with E-state index in [1.807, 2.05) is 5.38 Å². The van der Waals surface area contributed by atoms with Crippen LogP contribution in [0.25, 0.3) is 0 Å². The maximum absolute atomic E-state index is 11.8. The Morgan fingerprint density at radius 3 is 2.70 bits per heavy atom. The van der Waals surface area contributed by atoms with E-state index >= 15 is 0 Å². The van der Waals surface area contributed by atoms with E-state index in [0.717, 1.165) is 17.1 Å². The van der Waals surface area contributed by atoms with Gasteiger partial charge in [0.05, 0.1) is 17.2 Å². The Kier molecular flexibility index (Phi) is 8.13. The van der Waals surface area contributed by atoms with Gasteiger partial charge in [-0.05, 0) is 18.6 Å². The number of aromatic nitrogens is 2. The molecule has 0 fully saturated rings. The molecule has 2 aromatic rings. The van der Waals surface area contributed by atoms with Gasteiger partial charge in [-0.2, -0.15) is 0 Å². The number of anilines is 1. The van der Waals surface area contributed by atoms with Crippen molar-refractivity contribution in [1.29, 1.82) is 0 Å². The molecule has 0 saturated heterocycles. The number of hydrogen-bond donors (Lipinski definition) is 2. The Labute approximate surface area is 133 Å². The lowest BCUT2D eigenvalue weighted by atomic mass is 10.3. The van der Waals surface area contributed by atoms with Crippen LogP contribution in [0.15, 0.2) is 23.6 Å². The van der Waals surface area contributed by atoms with Crippen LogP contribution in [0.5, 0.6) is 0 Å². The van der Waals surface area contributed by atoms with E-state index in [9.17, 15) is 4.79 Å². The first-order valence-corrected chi connectivity index (χ1v) is 6.51. The average Bonchev–Trinajstić information content (AvgIpc) is 2.84. The van der Waals surface area contributed by atoms with Crippen LogP contribution in [-0.2, 0) is 13.0 Å². The van der Waals surface area contributed by atoms with Crippen molar-refractivity contribution in [2.45, 2.75) is 19.9 Å². The number of amides is 1. The molecule has 0 bridgehead atoms. The van der Waals surface area contributed by atoms with Crippen molar-refractivity contribution >= 4 is 47.9 Å². The Hall–Kier alpha value is -1.37. The maximum atomic E-state index is 11.8. The number of halogens is 2. The lowest BCUT2D eigenvalue weighted by Crippen LogP contribution is -2.24. The first kappa shape index (κ1) is 18.6. The van der Waals surface area contributed by atoms with Crippen LogP contribution in [-0.4, -0.2) is 15.9 Å². The van der Waals surface area contributed by atoms with Crippen molar-refractivity contribution < 1.29 is 4.79 Å². The summed E-state index contributed by atoms with van der Waals surface area (Å²) in [5, 5.41) is 5.79. The average molecular weight is 335 g/mol. The summed E-state index contributed by atoms with van der Waals surface area (Å²) in [5.74, 6) is 0.0953. The summed E-state index contributed by atoms with van der Waals surface area (Å²) < 4.78 is 0. The number of nitrogens with one attached hydrogen (secondary N) is 1. The molecular weight excluding hydrogens is 319 g/mol. The predicted molar refractivity (Wildman–Crippen MR) is 85.8 cm³/mol. The molecule has 0 aliphatic rings. The molecule has 2 rings (SSSR count). The SMILES string of the molecule is CCc1nc(CNC(=O)c2cccc(N)n2)cs1.Cl.Cl. The molecule has 0 saturated carbocycles. The number of hydrogen-bond acceptors (Lipinski definition) is 5. The first-order chi connectivity index (χ1) is 8.69. The van der Waals surface area contributed by atoms with E-state index in [-0.39, 0.29) is 30.7 Å². The Morgan fingerprint density at radius 2 is 2.10 bits per heavy atom. The van der Waals surface area contributed by atoms with Gasteiger partial charge in [0.15, 0.2) is 0 Å². The van der Waals surface area contributed by atoms with Crippen molar-refractivity contribution in [1.82, 2.24) is 15.3 Å². The van der Waals surface area contributed by atoms with Crippen molar-refractivity contribution in [3.05, 3.63) is 40.0 Å². The second kappa shape index (κ2) is 8.73.